The number of hydrogen-bond acceptors (Lipinski definition) is 4. The Bertz CT molecular complexity index is 486. The molecular formula is C14H23N3O3. The fourth-order valence-electron chi connectivity index (χ4n) is 2.32. The van der Waals surface area contributed by atoms with Crippen molar-refractivity contribution in [1.29, 1.82) is 0 Å². The van der Waals surface area contributed by atoms with Gasteiger partial charge in [0, 0.05) is 6.54 Å². The molecule has 0 bridgehead atoms. The Labute approximate surface area is 119 Å². The SMILES string of the molecule is CCc1noc(C)c1NC(=O)N1CCOC(C)(CC)C1. The molecule has 2 rings (SSSR count). The summed E-state index contributed by atoms with van der Waals surface area (Å²) in [5, 5.41) is 6.86. The van der Waals surface area contributed by atoms with Gasteiger partial charge in [-0.15, -0.1) is 0 Å². The Morgan fingerprint density at radius 1 is 1.50 bits per heavy atom. The third kappa shape index (κ3) is 2.95. The molecule has 0 aromatic carbocycles. The smallest absolute Gasteiger partial charge is 0.322 e. The van der Waals surface area contributed by atoms with Gasteiger partial charge < -0.3 is 19.5 Å². The molecule has 1 saturated heterocycles. The highest BCUT2D eigenvalue weighted by Crippen LogP contribution is 2.24. The molecule has 6 nitrogen and oxygen atoms in total. The van der Waals surface area contributed by atoms with E-state index in [0.717, 1.165) is 18.5 Å². The second kappa shape index (κ2) is 5.83. The second-order valence-corrected chi connectivity index (χ2v) is 5.42. The first kappa shape index (κ1) is 14.8. The number of anilines is 1. The quantitative estimate of drug-likeness (QED) is 0.924. The molecule has 1 aliphatic heterocycles. The summed E-state index contributed by atoms with van der Waals surface area (Å²) in [4.78, 5) is 14.2. The molecule has 0 radical (unpaired) electrons. The van der Waals surface area contributed by atoms with Crippen molar-refractivity contribution in [2.24, 2.45) is 0 Å². The molecular weight excluding hydrogens is 258 g/mol. The first-order valence-electron chi connectivity index (χ1n) is 7.14. The molecule has 20 heavy (non-hydrogen) atoms. The summed E-state index contributed by atoms with van der Waals surface area (Å²) < 4.78 is 10.9. The number of carbonyl (C=O) groups excluding carboxylic acids is 1. The van der Waals surface area contributed by atoms with E-state index in [0.29, 0.717) is 31.1 Å². The first-order valence-corrected chi connectivity index (χ1v) is 7.14. The summed E-state index contributed by atoms with van der Waals surface area (Å²) in [5.74, 6) is 0.640. The van der Waals surface area contributed by atoms with Crippen LogP contribution in [0.1, 0.15) is 38.6 Å². The summed E-state index contributed by atoms with van der Waals surface area (Å²) >= 11 is 0. The van der Waals surface area contributed by atoms with E-state index >= 15 is 0 Å². The molecule has 1 N–H and O–H groups in total. The van der Waals surface area contributed by atoms with Crippen LogP contribution in [0.25, 0.3) is 0 Å². The van der Waals surface area contributed by atoms with Crippen LogP contribution in [0.2, 0.25) is 0 Å². The molecule has 1 unspecified atom stereocenters. The zero-order valence-electron chi connectivity index (χ0n) is 12.7. The first-order chi connectivity index (χ1) is 9.49. The van der Waals surface area contributed by atoms with Gasteiger partial charge >= 0.3 is 6.03 Å². The lowest BCUT2D eigenvalue weighted by Crippen LogP contribution is -2.53. The average molecular weight is 281 g/mol. The maximum Gasteiger partial charge on any atom is 0.322 e. The Hall–Kier alpha value is -1.56. The van der Waals surface area contributed by atoms with Crippen LogP contribution in [0.3, 0.4) is 0 Å². The van der Waals surface area contributed by atoms with Gasteiger partial charge in [-0.1, -0.05) is 19.0 Å². The number of ether oxygens (including phenoxy) is 1. The molecule has 1 aromatic heterocycles. The summed E-state index contributed by atoms with van der Waals surface area (Å²) in [7, 11) is 0. The van der Waals surface area contributed by atoms with Gasteiger partial charge in [0.15, 0.2) is 5.76 Å². The third-order valence-corrected chi connectivity index (χ3v) is 3.87. The molecule has 1 aliphatic rings. The molecule has 2 heterocycles. The topological polar surface area (TPSA) is 67.6 Å². The molecule has 1 fully saturated rings. The van der Waals surface area contributed by atoms with E-state index in [1.807, 2.05) is 13.8 Å². The standard InChI is InChI=1S/C14H23N3O3/c1-5-11-12(10(3)20-16-11)15-13(18)17-7-8-19-14(4,6-2)9-17/h5-9H2,1-4H3,(H,15,18). The number of rotatable bonds is 3. The minimum Gasteiger partial charge on any atom is -0.372 e. The number of aryl methyl sites for hydroxylation is 2. The van der Waals surface area contributed by atoms with Crippen molar-refractivity contribution < 1.29 is 14.1 Å². The summed E-state index contributed by atoms with van der Waals surface area (Å²) in [6.07, 6.45) is 1.60. The highest BCUT2D eigenvalue weighted by Gasteiger charge is 2.33. The van der Waals surface area contributed by atoms with Crippen molar-refractivity contribution in [2.45, 2.75) is 46.1 Å². The van der Waals surface area contributed by atoms with Crippen molar-refractivity contribution >= 4 is 11.7 Å². The van der Waals surface area contributed by atoms with E-state index in [2.05, 4.69) is 17.4 Å². The van der Waals surface area contributed by atoms with Gasteiger partial charge in [0.1, 0.15) is 11.4 Å². The van der Waals surface area contributed by atoms with Crippen LogP contribution in [0.5, 0.6) is 0 Å². The number of urea groups is 1. The number of nitrogens with one attached hydrogen (secondary N) is 1. The van der Waals surface area contributed by atoms with Crippen molar-refractivity contribution in [1.82, 2.24) is 10.1 Å². The van der Waals surface area contributed by atoms with Crippen molar-refractivity contribution in [3.63, 3.8) is 0 Å². The van der Waals surface area contributed by atoms with E-state index in [-0.39, 0.29) is 11.6 Å². The molecule has 0 saturated carbocycles. The molecule has 1 atom stereocenters. The second-order valence-electron chi connectivity index (χ2n) is 5.42. The number of amides is 2. The summed E-state index contributed by atoms with van der Waals surface area (Å²) in [5.41, 5.74) is 1.22. The predicted molar refractivity (Wildman–Crippen MR) is 75.9 cm³/mol. The van der Waals surface area contributed by atoms with Crippen molar-refractivity contribution in [2.75, 3.05) is 25.0 Å². The number of morpholine rings is 1. The zero-order chi connectivity index (χ0) is 14.8. The van der Waals surface area contributed by atoms with E-state index < -0.39 is 0 Å². The average Bonchev–Trinajstić information content (AvgIpc) is 2.79. The predicted octanol–water partition coefficient (Wildman–Crippen LogP) is 2.58. The van der Waals surface area contributed by atoms with Crippen LogP contribution in [0.15, 0.2) is 4.52 Å². The van der Waals surface area contributed by atoms with Gasteiger partial charge in [-0.2, -0.15) is 0 Å². The highest BCUT2D eigenvalue weighted by molar-refractivity contribution is 5.90. The van der Waals surface area contributed by atoms with E-state index in [9.17, 15) is 4.79 Å². The number of nitrogens with zero attached hydrogens (tertiary/aromatic N) is 2. The molecule has 112 valence electrons. The van der Waals surface area contributed by atoms with Crippen LogP contribution in [-0.4, -0.2) is 41.4 Å². The lowest BCUT2D eigenvalue weighted by Gasteiger charge is -2.39. The maximum atomic E-state index is 12.4. The van der Waals surface area contributed by atoms with Gasteiger partial charge in [0.25, 0.3) is 0 Å². The molecule has 1 aromatic rings. The number of carbonyl (C=O) groups is 1. The minimum absolute atomic E-state index is 0.117. The van der Waals surface area contributed by atoms with Crippen molar-refractivity contribution in [3.05, 3.63) is 11.5 Å². The number of aromatic nitrogens is 1. The third-order valence-electron chi connectivity index (χ3n) is 3.87. The van der Waals surface area contributed by atoms with Gasteiger partial charge in [-0.05, 0) is 26.7 Å². The Kier molecular flexibility index (Phi) is 4.32. The lowest BCUT2D eigenvalue weighted by molar-refractivity contribution is -0.0860. The van der Waals surface area contributed by atoms with Crippen LogP contribution < -0.4 is 5.32 Å². The fourth-order valence-corrected chi connectivity index (χ4v) is 2.32. The van der Waals surface area contributed by atoms with Gasteiger partial charge in [0.05, 0.1) is 18.8 Å². The van der Waals surface area contributed by atoms with Crippen LogP contribution >= 0.6 is 0 Å². The minimum atomic E-state index is -0.257. The Balaban J connectivity index is 2.06. The highest BCUT2D eigenvalue weighted by atomic mass is 16.5. The number of hydrogen-bond donors (Lipinski definition) is 1. The van der Waals surface area contributed by atoms with Gasteiger partial charge in [-0.3, -0.25) is 0 Å². The molecule has 2 amide bonds. The van der Waals surface area contributed by atoms with E-state index in [1.165, 1.54) is 0 Å². The molecule has 0 spiro atoms. The largest absolute Gasteiger partial charge is 0.372 e. The van der Waals surface area contributed by atoms with Crippen molar-refractivity contribution in [3.8, 4) is 0 Å². The maximum absolute atomic E-state index is 12.4. The summed E-state index contributed by atoms with van der Waals surface area (Å²) in [6, 6.07) is -0.117. The Morgan fingerprint density at radius 3 is 2.90 bits per heavy atom. The van der Waals surface area contributed by atoms with E-state index in [1.54, 1.807) is 11.8 Å². The van der Waals surface area contributed by atoms with Crippen LogP contribution in [-0.2, 0) is 11.2 Å². The Morgan fingerprint density at radius 2 is 2.25 bits per heavy atom. The monoisotopic (exact) mass is 281 g/mol. The fraction of sp³-hybridized carbons (Fsp3) is 0.714. The van der Waals surface area contributed by atoms with Gasteiger partial charge in [-0.25, -0.2) is 4.79 Å². The van der Waals surface area contributed by atoms with Gasteiger partial charge in [0.2, 0.25) is 0 Å². The normalized spacial score (nSPS) is 22.9. The van der Waals surface area contributed by atoms with Crippen LogP contribution in [0.4, 0.5) is 10.5 Å². The van der Waals surface area contributed by atoms with Crippen LogP contribution in [0, 0.1) is 6.92 Å². The molecule has 6 heteroatoms. The zero-order valence-corrected chi connectivity index (χ0v) is 12.7. The lowest BCUT2D eigenvalue weighted by atomic mass is 10.0. The van der Waals surface area contributed by atoms with E-state index in [4.69, 9.17) is 9.26 Å². The summed E-state index contributed by atoms with van der Waals surface area (Å²) in [6.45, 7) is 9.66. The molecule has 0 aliphatic carbocycles.